The van der Waals surface area contributed by atoms with Crippen LogP contribution in [0.2, 0.25) is 0 Å². The van der Waals surface area contributed by atoms with E-state index < -0.39 is 5.97 Å². The van der Waals surface area contributed by atoms with Gasteiger partial charge in [-0.3, -0.25) is 4.79 Å². The normalized spacial score (nSPS) is 11.9. The molecule has 1 amide bonds. The molecular formula is C11H14N2O3. The topological polar surface area (TPSA) is 92.4 Å². The number of rotatable bonds is 4. The van der Waals surface area contributed by atoms with Crippen molar-refractivity contribution in [1.29, 1.82) is 0 Å². The van der Waals surface area contributed by atoms with E-state index >= 15 is 0 Å². The molecule has 1 aromatic rings. The zero-order chi connectivity index (χ0) is 12.1. The van der Waals surface area contributed by atoms with Gasteiger partial charge >= 0.3 is 5.97 Å². The van der Waals surface area contributed by atoms with Gasteiger partial charge in [0.1, 0.15) is 0 Å². The Labute approximate surface area is 93.3 Å². The number of carbonyl (C=O) groups is 2. The van der Waals surface area contributed by atoms with E-state index in [9.17, 15) is 9.59 Å². The van der Waals surface area contributed by atoms with Crippen molar-refractivity contribution in [3.8, 4) is 0 Å². The molecule has 1 rings (SSSR count). The molecule has 0 bridgehead atoms. The van der Waals surface area contributed by atoms with Crippen molar-refractivity contribution in [2.45, 2.75) is 6.92 Å². The van der Waals surface area contributed by atoms with Gasteiger partial charge in [0, 0.05) is 12.5 Å². The molecule has 0 saturated heterocycles. The maximum Gasteiger partial charge on any atom is 0.337 e. The van der Waals surface area contributed by atoms with E-state index in [0.717, 1.165) is 0 Å². The molecule has 16 heavy (non-hydrogen) atoms. The molecule has 0 spiro atoms. The van der Waals surface area contributed by atoms with Gasteiger partial charge in [0.05, 0.1) is 11.3 Å². The molecule has 0 aliphatic heterocycles. The van der Waals surface area contributed by atoms with Crippen molar-refractivity contribution in [2.75, 3.05) is 11.9 Å². The lowest BCUT2D eigenvalue weighted by Crippen LogP contribution is -2.27. The monoisotopic (exact) mass is 222 g/mol. The highest BCUT2D eigenvalue weighted by molar-refractivity contribution is 6.01. The molecule has 86 valence electrons. The molecule has 5 heteroatoms. The number of nitrogens with one attached hydrogen (secondary N) is 1. The molecule has 0 heterocycles. The first-order chi connectivity index (χ1) is 7.56. The molecule has 0 aliphatic carbocycles. The first-order valence-corrected chi connectivity index (χ1v) is 4.89. The van der Waals surface area contributed by atoms with E-state index in [2.05, 4.69) is 5.32 Å². The summed E-state index contributed by atoms with van der Waals surface area (Å²) in [7, 11) is 0. The van der Waals surface area contributed by atoms with E-state index in [1.165, 1.54) is 6.07 Å². The predicted octanol–water partition coefficient (Wildman–Crippen LogP) is 0.918. The zero-order valence-corrected chi connectivity index (χ0v) is 8.93. The van der Waals surface area contributed by atoms with Crippen LogP contribution in [-0.2, 0) is 4.79 Å². The van der Waals surface area contributed by atoms with Crippen molar-refractivity contribution >= 4 is 17.6 Å². The van der Waals surface area contributed by atoms with Crippen LogP contribution in [0.5, 0.6) is 0 Å². The van der Waals surface area contributed by atoms with Gasteiger partial charge in [-0.05, 0) is 12.1 Å². The second kappa shape index (κ2) is 5.27. The van der Waals surface area contributed by atoms with Crippen LogP contribution in [0.3, 0.4) is 0 Å². The third kappa shape index (κ3) is 2.80. The van der Waals surface area contributed by atoms with E-state index in [4.69, 9.17) is 10.8 Å². The molecule has 0 aromatic heterocycles. The molecule has 0 fully saturated rings. The van der Waals surface area contributed by atoms with Crippen molar-refractivity contribution in [3.63, 3.8) is 0 Å². The van der Waals surface area contributed by atoms with Crippen LogP contribution in [0.25, 0.3) is 0 Å². The van der Waals surface area contributed by atoms with Crippen LogP contribution in [0.4, 0.5) is 5.69 Å². The minimum absolute atomic E-state index is 0.0695. The standard InChI is InChI=1S/C11H14N2O3/c1-7(6-12)10(14)13-9-5-3-2-4-8(9)11(15)16/h2-5,7H,6,12H2,1H3,(H,13,14)(H,15,16). The molecule has 0 aliphatic rings. The lowest BCUT2D eigenvalue weighted by atomic mass is 10.1. The summed E-state index contributed by atoms with van der Waals surface area (Å²) in [6.07, 6.45) is 0. The Morgan fingerprint density at radius 1 is 1.44 bits per heavy atom. The number of para-hydroxylation sites is 1. The van der Waals surface area contributed by atoms with Crippen LogP contribution in [0, 0.1) is 5.92 Å². The summed E-state index contributed by atoms with van der Waals surface area (Å²) in [6.45, 7) is 1.90. The number of carboxylic acid groups (broad SMARTS) is 1. The van der Waals surface area contributed by atoms with Gasteiger partial charge < -0.3 is 16.2 Å². The van der Waals surface area contributed by atoms with Crippen LogP contribution in [0.1, 0.15) is 17.3 Å². The minimum Gasteiger partial charge on any atom is -0.478 e. The Hall–Kier alpha value is -1.88. The van der Waals surface area contributed by atoms with E-state index in [0.29, 0.717) is 5.69 Å². The Kier molecular flexibility index (Phi) is 4.02. The number of nitrogens with two attached hydrogens (primary N) is 1. The summed E-state index contributed by atoms with van der Waals surface area (Å²) >= 11 is 0. The number of aromatic carboxylic acids is 1. The quantitative estimate of drug-likeness (QED) is 0.706. The van der Waals surface area contributed by atoms with Crippen molar-refractivity contribution in [1.82, 2.24) is 0 Å². The summed E-state index contributed by atoms with van der Waals surface area (Å²) in [4.78, 5) is 22.4. The summed E-state index contributed by atoms with van der Waals surface area (Å²) in [5.74, 6) is -1.70. The fourth-order valence-corrected chi connectivity index (χ4v) is 1.14. The van der Waals surface area contributed by atoms with Gasteiger partial charge in [0.25, 0.3) is 0 Å². The highest BCUT2D eigenvalue weighted by Crippen LogP contribution is 2.15. The van der Waals surface area contributed by atoms with Gasteiger partial charge in [-0.2, -0.15) is 0 Å². The Bertz CT molecular complexity index is 404. The number of hydrogen-bond acceptors (Lipinski definition) is 3. The number of anilines is 1. The third-order valence-electron chi connectivity index (χ3n) is 2.22. The number of benzene rings is 1. The lowest BCUT2D eigenvalue weighted by molar-refractivity contribution is -0.119. The maximum absolute atomic E-state index is 11.5. The summed E-state index contributed by atoms with van der Waals surface area (Å²) in [6, 6.07) is 6.25. The largest absolute Gasteiger partial charge is 0.478 e. The number of hydrogen-bond donors (Lipinski definition) is 3. The van der Waals surface area contributed by atoms with E-state index in [-0.39, 0.29) is 23.9 Å². The number of carboxylic acids is 1. The van der Waals surface area contributed by atoms with Crippen molar-refractivity contribution < 1.29 is 14.7 Å². The average Bonchev–Trinajstić information content (AvgIpc) is 2.28. The minimum atomic E-state index is -1.07. The maximum atomic E-state index is 11.5. The van der Waals surface area contributed by atoms with Crippen LogP contribution in [0.15, 0.2) is 24.3 Å². The van der Waals surface area contributed by atoms with Gasteiger partial charge in [-0.25, -0.2) is 4.79 Å². The smallest absolute Gasteiger partial charge is 0.337 e. The third-order valence-corrected chi connectivity index (χ3v) is 2.22. The zero-order valence-electron chi connectivity index (χ0n) is 8.93. The number of amides is 1. The molecule has 0 saturated carbocycles. The second-order valence-corrected chi connectivity index (χ2v) is 3.48. The predicted molar refractivity (Wildman–Crippen MR) is 60.2 cm³/mol. The summed E-state index contributed by atoms with van der Waals surface area (Å²) < 4.78 is 0. The van der Waals surface area contributed by atoms with Gasteiger partial charge in [0.15, 0.2) is 0 Å². The molecule has 0 radical (unpaired) electrons. The van der Waals surface area contributed by atoms with Gasteiger partial charge in [-0.1, -0.05) is 19.1 Å². The Balaban J connectivity index is 2.89. The summed E-state index contributed by atoms with van der Waals surface area (Å²) in [5, 5.41) is 11.4. The SMILES string of the molecule is CC(CN)C(=O)Nc1ccccc1C(=O)O. The fourth-order valence-electron chi connectivity index (χ4n) is 1.14. The van der Waals surface area contributed by atoms with Gasteiger partial charge in [0.2, 0.25) is 5.91 Å². The highest BCUT2D eigenvalue weighted by atomic mass is 16.4. The van der Waals surface area contributed by atoms with Crippen LogP contribution < -0.4 is 11.1 Å². The van der Waals surface area contributed by atoms with E-state index in [1.807, 2.05) is 0 Å². The van der Waals surface area contributed by atoms with Crippen LogP contribution >= 0.6 is 0 Å². The van der Waals surface area contributed by atoms with E-state index in [1.54, 1.807) is 25.1 Å². The van der Waals surface area contributed by atoms with Crippen LogP contribution in [-0.4, -0.2) is 23.5 Å². The Morgan fingerprint density at radius 3 is 2.62 bits per heavy atom. The molecular weight excluding hydrogens is 208 g/mol. The summed E-state index contributed by atoms with van der Waals surface area (Å²) in [5.41, 5.74) is 5.71. The van der Waals surface area contributed by atoms with Crippen molar-refractivity contribution in [3.05, 3.63) is 29.8 Å². The first kappa shape index (κ1) is 12.2. The molecule has 5 nitrogen and oxygen atoms in total. The van der Waals surface area contributed by atoms with Gasteiger partial charge in [-0.15, -0.1) is 0 Å². The Morgan fingerprint density at radius 2 is 2.06 bits per heavy atom. The lowest BCUT2D eigenvalue weighted by Gasteiger charge is -2.11. The fraction of sp³-hybridized carbons (Fsp3) is 0.273. The average molecular weight is 222 g/mol. The molecule has 1 aromatic carbocycles. The molecule has 1 atom stereocenters. The molecule has 4 N–H and O–H groups in total. The van der Waals surface area contributed by atoms with Crippen molar-refractivity contribution in [2.24, 2.45) is 11.7 Å². The highest BCUT2D eigenvalue weighted by Gasteiger charge is 2.15. The first-order valence-electron chi connectivity index (χ1n) is 4.89. The second-order valence-electron chi connectivity index (χ2n) is 3.48. The molecule has 1 unspecified atom stereocenters. The number of carbonyl (C=O) groups excluding carboxylic acids is 1.